The van der Waals surface area contributed by atoms with E-state index in [1.807, 2.05) is 0 Å². The van der Waals surface area contributed by atoms with Gasteiger partial charge < -0.3 is 10.2 Å². The van der Waals surface area contributed by atoms with Crippen LogP contribution in [-0.2, 0) is 9.59 Å². The first kappa shape index (κ1) is 12.8. The van der Waals surface area contributed by atoms with Crippen molar-refractivity contribution in [3.05, 3.63) is 0 Å². The van der Waals surface area contributed by atoms with Crippen molar-refractivity contribution in [1.29, 1.82) is 0 Å². The minimum atomic E-state index is -4.51. The molecule has 1 unspecified atom stereocenters. The lowest BCUT2D eigenvalue weighted by Gasteiger charge is -2.43. The second-order valence-electron chi connectivity index (χ2n) is 4.29. The Morgan fingerprint density at radius 2 is 1.88 bits per heavy atom. The zero-order valence-corrected chi connectivity index (χ0v) is 9.18. The van der Waals surface area contributed by atoms with E-state index in [1.165, 1.54) is 20.8 Å². The molecular weight excluding hydrogens is 225 g/mol. The highest BCUT2D eigenvalue weighted by molar-refractivity contribution is 5.99. The molecule has 4 nitrogen and oxygen atoms in total. The van der Waals surface area contributed by atoms with Gasteiger partial charge in [0, 0.05) is 0 Å². The Kier molecular flexibility index (Phi) is 2.91. The van der Waals surface area contributed by atoms with E-state index in [1.54, 1.807) is 0 Å². The van der Waals surface area contributed by atoms with Gasteiger partial charge in [-0.3, -0.25) is 9.59 Å². The first-order valence-electron chi connectivity index (χ1n) is 4.75. The van der Waals surface area contributed by atoms with Gasteiger partial charge in [-0.2, -0.15) is 13.2 Å². The summed E-state index contributed by atoms with van der Waals surface area (Å²) in [5.74, 6) is -1.30. The molecule has 1 N–H and O–H groups in total. The van der Waals surface area contributed by atoms with Crippen molar-refractivity contribution in [2.24, 2.45) is 0 Å². The number of hydrogen-bond donors (Lipinski definition) is 1. The molecule has 1 atom stereocenters. The van der Waals surface area contributed by atoms with Gasteiger partial charge in [0.25, 0.3) is 0 Å². The van der Waals surface area contributed by atoms with E-state index in [-0.39, 0.29) is 0 Å². The molecule has 0 aromatic carbocycles. The number of nitrogens with one attached hydrogen (secondary N) is 1. The Morgan fingerprint density at radius 3 is 2.31 bits per heavy atom. The summed E-state index contributed by atoms with van der Waals surface area (Å²) in [6.45, 7) is 2.53. The highest BCUT2D eigenvalue weighted by Gasteiger charge is 2.48. The largest absolute Gasteiger partial charge is 0.406 e. The molecule has 0 radical (unpaired) electrons. The van der Waals surface area contributed by atoms with Crippen molar-refractivity contribution in [3.8, 4) is 0 Å². The maximum atomic E-state index is 12.3. The van der Waals surface area contributed by atoms with Gasteiger partial charge in [-0.1, -0.05) is 0 Å². The van der Waals surface area contributed by atoms with Crippen LogP contribution in [0.15, 0.2) is 0 Å². The lowest BCUT2D eigenvalue weighted by molar-refractivity contribution is -0.180. The first-order valence-corrected chi connectivity index (χ1v) is 4.75. The summed E-state index contributed by atoms with van der Waals surface area (Å²) in [7, 11) is 0. The minimum absolute atomic E-state index is 0.566. The molecule has 0 bridgehead atoms. The molecule has 0 aromatic heterocycles. The quantitative estimate of drug-likeness (QED) is 0.730. The van der Waals surface area contributed by atoms with Gasteiger partial charge in [-0.15, -0.1) is 0 Å². The fourth-order valence-corrected chi connectivity index (χ4v) is 1.52. The zero-order valence-electron chi connectivity index (χ0n) is 9.18. The Balaban J connectivity index is 3.00. The molecule has 0 spiro atoms. The predicted molar refractivity (Wildman–Crippen MR) is 49.5 cm³/mol. The molecule has 0 aliphatic carbocycles. The number of piperazine rings is 1. The number of amides is 2. The monoisotopic (exact) mass is 238 g/mol. The number of halogens is 3. The zero-order chi connectivity index (χ0) is 12.7. The van der Waals surface area contributed by atoms with Crippen LogP contribution >= 0.6 is 0 Å². The fraction of sp³-hybridized carbons (Fsp3) is 0.778. The van der Waals surface area contributed by atoms with Gasteiger partial charge in [0.1, 0.15) is 18.1 Å². The van der Waals surface area contributed by atoms with Gasteiger partial charge in [0.05, 0.1) is 0 Å². The van der Waals surface area contributed by atoms with Gasteiger partial charge in [-0.25, -0.2) is 0 Å². The van der Waals surface area contributed by atoms with Crippen molar-refractivity contribution in [2.75, 3.05) is 6.54 Å². The Bertz CT molecular complexity index is 325. The van der Waals surface area contributed by atoms with Gasteiger partial charge in [0.15, 0.2) is 0 Å². The second-order valence-corrected chi connectivity index (χ2v) is 4.29. The third-order valence-corrected chi connectivity index (χ3v) is 2.55. The molecule has 0 aromatic rings. The Morgan fingerprint density at radius 1 is 1.38 bits per heavy atom. The standard InChI is InChI=1S/C9H13F3N2O2/c1-5-6(15)14(4-9(10,11)12)8(2,3)7(16)13-5/h5H,4H2,1-3H3,(H,13,16). The summed E-state index contributed by atoms with van der Waals surface area (Å²) in [5, 5.41) is 2.34. The van der Waals surface area contributed by atoms with E-state index < -0.39 is 36.1 Å². The molecular formula is C9H13F3N2O2. The molecule has 1 saturated heterocycles. The van der Waals surface area contributed by atoms with Crippen molar-refractivity contribution in [3.63, 3.8) is 0 Å². The molecule has 16 heavy (non-hydrogen) atoms. The van der Waals surface area contributed by atoms with Crippen LogP contribution in [0.4, 0.5) is 13.2 Å². The summed E-state index contributed by atoms with van der Waals surface area (Å²) in [6, 6.07) is -0.914. The Labute approximate surface area is 90.8 Å². The summed E-state index contributed by atoms with van der Waals surface area (Å²) in [4.78, 5) is 23.6. The van der Waals surface area contributed by atoms with Gasteiger partial charge in [-0.05, 0) is 20.8 Å². The predicted octanol–water partition coefficient (Wildman–Crippen LogP) is 0.674. The number of hydrogen-bond acceptors (Lipinski definition) is 2. The molecule has 1 fully saturated rings. The minimum Gasteiger partial charge on any atom is -0.343 e. The number of nitrogens with zero attached hydrogens (tertiary/aromatic N) is 1. The highest BCUT2D eigenvalue weighted by Crippen LogP contribution is 2.26. The van der Waals surface area contributed by atoms with Crippen LogP contribution in [0.3, 0.4) is 0 Å². The van der Waals surface area contributed by atoms with Crippen molar-refractivity contribution >= 4 is 11.8 Å². The number of carbonyl (C=O) groups is 2. The van der Waals surface area contributed by atoms with Gasteiger partial charge >= 0.3 is 6.18 Å². The number of rotatable bonds is 1. The molecule has 1 rings (SSSR count). The highest BCUT2D eigenvalue weighted by atomic mass is 19.4. The third-order valence-electron chi connectivity index (χ3n) is 2.55. The fourth-order valence-electron chi connectivity index (χ4n) is 1.52. The topological polar surface area (TPSA) is 49.4 Å². The third kappa shape index (κ3) is 2.28. The SMILES string of the molecule is CC1NC(=O)C(C)(C)N(CC(F)(F)F)C1=O. The molecule has 2 amide bonds. The average Bonchev–Trinajstić information content (AvgIpc) is 2.09. The smallest absolute Gasteiger partial charge is 0.343 e. The van der Waals surface area contributed by atoms with Crippen LogP contribution in [0, 0.1) is 0 Å². The van der Waals surface area contributed by atoms with E-state index in [0.717, 1.165) is 0 Å². The second kappa shape index (κ2) is 3.64. The van der Waals surface area contributed by atoms with Crippen LogP contribution in [0.1, 0.15) is 20.8 Å². The first-order chi connectivity index (χ1) is 7.05. The molecule has 1 aliphatic rings. The van der Waals surface area contributed by atoms with Crippen LogP contribution in [0.2, 0.25) is 0 Å². The maximum Gasteiger partial charge on any atom is 0.406 e. The molecule has 1 aliphatic heterocycles. The maximum absolute atomic E-state index is 12.3. The lowest BCUT2D eigenvalue weighted by Crippen LogP contribution is -2.68. The summed E-state index contributed by atoms with van der Waals surface area (Å²) in [6.07, 6.45) is -4.51. The summed E-state index contributed by atoms with van der Waals surface area (Å²) in [5.41, 5.74) is -1.47. The molecule has 0 saturated carbocycles. The molecule has 1 heterocycles. The van der Waals surface area contributed by atoms with E-state index >= 15 is 0 Å². The number of carbonyl (C=O) groups excluding carboxylic acids is 2. The van der Waals surface area contributed by atoms with E-state index in [4.69, 9.17) is 0 Å². The van der Waals surface area contributed by atoms with Crippen molar-refractivity contribution in [2.45, 2.75) is 38.5 Å². The lowest BCUT2D eigenvalue weighted by atomic mass is 9.96. The number of alkyl halides is 3. The van der Waals surface area contributed by atoms with E-state index in [0.29, 0.717) is 4.90 Å². The van der Waals surface area contributed by atoms with Gasteiger partial charge in [0.2, 0.25) is 11.8 Å². The van der Waals surface area contributed by atoms with Crippen molar-refractivity contribution in [1.82, 2.24) is 10.2 Å². The van der Waals surface area contributed by atoms with Crippen LogP contribution < -0.4 is 5.32 Å². The van der Waals surface area contributed by atoms with E-state index in [9.17, 15) is 22.8 Å². The molecule has 7 heteroatoms. The normalized spacial score (nSPS) is 25.6. The molecule has 92 valence electrons. The van der Waals surface area contributed by atoms with Crippen LogP contribution in [-0.4, -0.2) is 41.0 Å². The van der Waals surface area contributed by atoms with E-state index in [2.05, 4.69) is 5.32 Å². The summed E-state index contributed by atoms with van der Waals surface area (Å²) < 4.78 is 36.9. The van der Waals surface area contributed by atoms with Crippen molar-refractivity contribution < 1.29 is 22.8 Å². The summed E-state index contributed by atoms with van der Waals surface area (Å²) >= 11 is 0. The van der Waals surface area contributed by atoms with Crippen LogP contribution in [0.25, 0.3) is 0 Å². The Hall–Kier alpha value is -1.27. The average molecular weight is 238 g/mol. The van der Waals surface area contributed by atoms with Crippen LogP contribution in [0.5, 0.6) is 0 Å².